The average molecular weight is 344 g/mol. The van der Waals surface area contributed by atoms with E-state index in [0.717, 1.165) is 19.4 Å². The lowest BCUT2D eigenvalue weighted by Gasteiger charge is -2.23. The summed E-state index contributed by atoms with van der Waals surface area (Å²) in [6.45, 7) is 11.6. The Morgan fingerprint density at radius 2 is 1.33 bits per heavy atom. The van der Waals surface area contributed by atoms with Crippen molar-refractivity contribution in [3.8, 4) is 0 Å². The molecule has 0 aliphatic rings. The average Bonchev–Trinajstić information content (AvgIpc) is 2.49. The molecule has 4 nitrogen and oxygen atoms in total. The summed E-state index contributed by atoms with van der Waals surface area (Å²) in [5.41, 5.74) is -0.482. The minimum atomic E-state index is -0.935. The first-order chi connectivity index (χ1) is 11.3. The van der Waals surface area contributed by atoms with Gasteiger partial charge < -0.3 is 10.2 Å². The zero-order chi connectivity index (χ0) is 18.8. The van der Waals surface area contributed by atoms with Crippen LogP contribution in [-0.2, 0) is 4.79 Å². The third-order valence-corrected chi connectivity index (χ3v) is 3.94. The molecule has 0 aromatic rings. The fourth-order valence-corrected chi connectivity index (χ4v) is 2.43. The van der Waals surface area contributed by atoms with Crippen LogP contribution in [0.25, 0.3) is 0 Å². The highest BCUT2D eigenvalue weighted by Crippen LogP contribution is 2.14. The van der Waals surface area contributed by atoms with E-state index in [9.17, 15) is 9.90 Å². The second-order valence-electron chi connectivity index (χ2n) is 6.82. The quantitative estimate of drug-likeness (QED) is 0.228. The molecule has 0 saturated heterocycles. The molecule has 0 fully saturated rings. The highest BCUT2D eigenvalue weighted by molar-refractivity contribution is 5.84. The number of aliphatic carboxylic acids is 1. The number of aliphatic hydroxyl groups is 1. The van der Waals surface area contributed by atoms with Gasteiger partial charge in [0, 0.05) is 5.57 Å². The van der Waals surface area contributed by atoms with Crippen molar-refractivity contribution in [1.82, 2.24) is 5.32 Å². The predicted octanol–water partition coefficient (Wildman–Crippen LogP) is 5.26. The normalized spacial score (nSPS) is 12.9. The van der Waals surface area contributed by atoms with Crippen molar-refractivity contribution in [2.24, 2.45) is 0 Å². The van der Waals surface area contributed by atoms with E-state index in [1.807, 2.05) is 13.8 Å². The van der Waals surface area contributed by atoms with Crippen LogP contribution in [0, 0.1) is 0 Å². The Balaban J connectivity index is 0. The van der Waals surface area contributed by atoms with Gasteiger partial charge in [0.15, 0.2) is 0 Å². The summed E-state index contributed by atoms with van der Waals surface area (Å²) >= 11 is 0. The van der Waals surface area contributed by atoms with Crippen LogP contribution in [0.15, 0.2) is 12.2 Å². The molecule has 24 heavy (non-hydrogen) atoms. The summed E-state index contributed by atoms with van der Waals surface area (Å²) in [5, 5.41) is 20.9. The largest absolute Gasteiger partial charge is 0.478 e. The van der Waals surface area contributed by atoms with E-state index in [1.165, 1.54) is 64.7 Å². The molecule has 3 N–H and O–H groups in total. The first-order valence-electron chi connectivity index (χ1n) is 9.63. The van der Waals surface area contributed by atoms with Gasteiger partial charge in [-0.3, -0.25) is 5.32 Å². The summed E-state index contributed by atoms with van der Waals surface area (Å²) < 4.78 is 0. The molecule has 1 unspecified atom stereocenters. The minimum absolute atomic E-state index is 0.176. The van der Waals surface area contributed by atoms with E-state index < -0.39 is 11.7 Å². The molecule has 0 aliphatic heterocycles. The van der Waals surface area contributed by atoms with Crippen LogP contribution in [0.2, 0.25) is 0 Å². The van der Waals surface area contributed by atoms with Gasteiger partial charge in [0.2, 0.25) is 0 Å². The maximum atomic E-state index is 9.93. The lowest BCUT2D eigenvalue weighted by atomic mass is 10.0. The molecule has 0 saturated carbocycles. The van der Waals surface area contributed by atoms with Gasteiger partial charge in [0.25, 0.3) is 0 Å². The van der Waals surface area contributed by atoms with Crippen LogP contribution in [0.5, 0.6) is 0 Å². The molecule has 0 amide bonds. The zero-order valence-corrected chi connectivity index (χ0v) is 16.5. The summed E-state index contributed by atoms with van der Waals surface area (Å²) in [7, 11) is 0. The Kier molecular flexibility index (Phi) is 17.9. The van der Waals surface area contributed by atoms with Crippen molar-refractivity contribution < 1.29 is 15.0 Å². The van der Waals surface area contributed by atoms with Crippen LogP contribution in [0.3, 0.4) is 0 Å². The molecule has 1 atom stereocenters. The van der Waals surface area contributed by atoms with Crippen LogP contribution in [-0.4, -0.2) is 28.5 Å². The molecular formula is C20H41NO3. The highest BCUT2D eigenvalue weighted by Gasteiger charge is 2.16. The maximum Gasteiger partial charge on any atom is 0.330 e. The Morgan fingerprint density at radius 3 is 1.67 bits per heavy atom. The standard InChI is InChI=1S/C16H35NO.C4H6O2/c1-4-6-7-8-9-10-11-12-13-14-15-16(3,18)17-5-2;1-3(2)4(5)6/h17-18H,4-15H2,1-3H3;1H2,2H3,(H,5,6). The van der Waals surface area contributed by atoms with Gasteiger partial charge in [-0.1, -0.05) is 78.2 Å². The van der Waals surface area contributed by atoms with Crippen molar-refractivity contribution in [2.45, 2.75) is 104 Å². The molecule has 0 aliphatic carbocycles. The molecule has 0 rings (SSSR count). The van der Waals surface area contributed by atoms with E-state index in [4.69, 9.17) is 5.11 Å². The molecule has 0 bridgehead atoms. The van der Waals surface area contributed by atoms with Gasteiger partial charge in [-0.05, 0) is 33.2 Å². The van der Waals surface area contributed by atoms with Crippen LogP contribution in [0.4, 0.5) is 0 Å². The van der Waals surface area contributed by atoms with Crippen molar-refractivity contribution in [3.63, 3.8) is 0 Å². The fourth-order valence-electron chi connectivity index (χ4n) is 2.43. The molecular weight excluding hydrogens is 302 g/mol. The van der Waals surface area contributed by atoms with Gasteiger partial charge in [-0.2, -0.15) is 0 Å². The molecule has 4 heteroatoms. The number of carboxylic acid groups (broad SMARTS) is 1. The fraction of sp³-hybridized carbons (Fsp3) is 0.850. The minimum Gasteiger partial charge on any atom is -0.478 e. The number of nitrogens with one attached hydrogen (secondary N) is 1. The van der Waals surface area contributed by atoms with Gasteiger partial charge in [-0.15, -0.1) is 0 Å². The topological polar surface area (TPSA) is 69.6 Å². The van der Waals surface area contributed by atoms with Crippen molar-refractivity contribution in [3.05, 3.63) is 12.2 Å². The van der Waals surface area contributed by atoms with E-state index in [0.29, 0.717) is 0 Å². The molecule has 0 radical (unpaired) electrons. The molecule has 0 spiro atoms. The summed E-state index contributed by atoms with van der Waals surface area (Å²) in [6, 6.07) is 0. The van der Waals surface area contributed by atoms with Crippen molar-refractivity contribution in [2.75, 3.05) is 6.54 Å². The molecule has 0 aromatic heterocycles. The maximum absolute atomic E-state index is 9.93. The Bertz CT molecular complexity index is 302. The molecule has 144 valence electrons. The number of carbonyl (C=O) groups is 1. The van der Waals surface area contributed by atoms with Gasteiger partial charge >= 0.3 is 5.97 Å². The summed E-state index contributed by atoms with van der Waals surface area (Å²) in [4.78, 5) is 9.60. The third kappa shape index (κ3) is 21.1. The summed E-state index contributed by atoms with van der Waals surface area (Å²) in [5.74, 6) is -0.935. The van der Waals surface area contributed by atoms with Crippen LogP contribution < -0.4 is 5.32 Å². The zero-order valence-electron chi connectivity index (χ0n) is 16.5. The lowest BCUT2D eigenvalue weighted by molar-refractivity contribution is -0.132. The highest BCUT2D eigenvalue weighted by atomic mass is 16.4. The predicted molar refractivity (Wildman–Crippen MR) is 103 cm³/mol. The molecule has 0 aromatic carbocycles. The Hall–Kier alpha value is -0.870. The van der Waals surface area contributed by atoms with E-state index in [-0.39, 0.29) is 5.57 Å². The smallest absolute Gasteiger partial charge is 0.330 e. The van der Waals surface area contributed by atoms with E-state index >= 15 is 0 Å². The second kappa shape index (κ2) is 17.0. The van der Waals surface area contributed by atoms with Gasteiger partial charge in [0.1, 0.15) is 5.72 Å². The monoisotopic (exact) mass is 343 g/mol. The molecule has 0 heterocycles. The Labute approximate surface area is 149 Å². The van der Waals surface area contributed by atoms with Gasteiger partial charge in [-0.25, -0.2) is 4.79 Å². The first kappa shape index (κ1) is 25.4. The number of rotatable bonds is 14. The Morgan fingerprint density at radius 1 is 0.958 bits per heavy atom. The lowest BCUT2D eigenvalue weighted by Crippen LogP contribution is -2.41. The summed E-state index contributed by atoms with van der Waals surface area (Å²) in [6.07, 6.45) is 14.4. The van der Waals surface area contributed by atoms with E-state index in [2.05, 4.69) is 18.8 Å². The number of unbranched alkanes of at least 4 members (excludes halogenated alkanes) is 9. The SMILES string of the molecule is C=C(C)C(=O)O.CCCCCCCCCCCCC(C)(O)NCC. The number of carboxylic acids is 1. The van der Waals surface area contributed by atoms with Crippen LogP contribution >= 0.6 is 0 Å². The number of hydrogen-bond donors (Lipinski definition) is 3. The first-order valence-corrected chi connectivity index (χ1v) is 9.63. The van der Waals surface area contributed by atoms with Gasteiger partial charge in [0.05, 0.1) is 0 Å². The number of hydrogen-bond acceptors (Lipinski definition) is 3. The van der Waals surface area contributed by atoms with Crippen LogP contribution in [0.1, 0.15) is 98.3 Å². The van der Waals surface area contributed by atoms with Crippen molar-refractivity contribution in [1.29, 1.82) is 0 Å². The van der Waals surface area contributed by atoms with Crippen molar-refractivity contribution >= 4 is 5.97 Å². The second-order valence-corrected chi connectivity index (χ2v) is 6.82. The third-order valence-electron chi connectivity index (χ3n) is 3.94. The van der Waals surface area contributed by atoms with E-state index in [1.54, 1.807) is 0 Å².